The van der Waals surface area contributed by atoms with Crippen LogP contribution in [-0.4, -0.2) is 38.8 Å². The van der Waals surface area contributed by atoms with E-state index in [2.05, 4.69) is 5.32 Å². The van der Waals surface area contributed by atoms with Crippen molar-refractivity contribution in [1.82, 2.24) is 5.32 Å². The smallest absolute Gasteiger partial charge is 0.407 e. The number of nitrogens with zero attached hydrogens (tertiary/aromatic N) is 2. The van der Waals surface area contributed by atoms with E-state index >= 15 is 0 Å². The summed E-state index contributed by atoms with van der Waals surface area (Å²) in [6, 6.07) is 11.1. The second-order valence-corrected chi connectivity index (χ2v) is 7.26. The zero-order chi connectivity index (χ0) is 24.5. The van der Waals surface area contributed by atoms with Crippen LogP contribution in [0.15, 0.2) is 42.5 Å². The maximum Gasteiger partial charge on any atom is 0.407 e. The number of aromatic carboxylic acids is 2. The highest BCUT2D eigenvalue weighted by atomic mass is 16.6. The second kappa shape index (κ2) is 11.1. The lowest BCUT2D eigenvalue weighted by Crippen LogP contribution is -2.32. The molecule has 2 aromatic carbocycles. The van der Waals surface area contributed by atoms with Crippen molar-refractivity contribution in [2.24, 2.45) is 0 Å². The van der Waals surface area contributed by atoms with Gasteiger partial charge in [-0.2, -0.15) is 5.26 Å². The molecular weight excluding hydrogens is 422 g/mol. The number of rotatable bonds is 5. The van der Waals surface area contributed by atoms with Gasteiger partial charge in [-0.1, -0.05) is 0 Å². The maximum atomic E-state index is 11.5. The molecule has 0 bridgehead atoms. The number of nitro benzene ring substituents is 1. The summed E-state index contributed by atoms with van der Waals surface area (Å²) >= 11 is 0. The Labute approximate surface area is 183 Å². The number of nitriles is 1. The Morgan fingerprint density at radius 2 is 1.59 bits per heavy atom. The van der Waals surface area contributed by atoms with Crippen molar-refractivity contribution in [2.45, 2.75) is 32.9 Å². The lowest BCUT2D eigenvalue weighted by Gasteiger charge is -2.19. The third-order valence-electron chi connectivity index (χ3n) is 3.61. The van der Waals surface area contributed by atoms with Crippen molar-refractivity contribution in [1.29, 1.82) is 5.26 Å². The fourth-order valence-electron chi connectivity index (χ4n) is 2.19. The summed E-state index contributed by atoms with van der Waals surface area (Å²) in [5.41, 5.74) is -0.382. The predicted molar refractivity (Wildman–Crippen MR) is 111 cm³/mol. The number of carboxylic acids is 2. The summed E-state index contributed by atoms with van der Waals surface area (Å²) in [7, 11) is 0. The molecule has 0 saturated heterocycles. The van der Waals surface area contributed by atoms with Crippen LogP contribution in [0.2, 0.25) is 0 Å². The van der Waals surface area contributed by atoms with Crippen molar-refractivity contribution in [3.05, 3.63) is 74.8 Å². The normalized spacial score (nSPS) is 10.1. The van der Waals surface area contributed by atoms with Gasteiger partial charge in [-0.25, -0.2) is 14.4 Å². The van der Waals surface area contributed by atoms with Crippen LogP contribution in [0.5, 0.6) is 0 Å². The predicted octanol–water partition coefficient (Wildman–Crippen LogP) is 3.57. The highest BCUT2D eigenvalue weighted by Gasteiger charge is 2.20. The molecule has 0 aliphatic heterocycles. The second-order valence-electron chi connectivity index (χ2n) is 7.26. The van der Waals surface area contributed by atoms with Gasteiger partial charge in [0.05, 0.1) is 34.2 Å². The number of carbonyl (C=O) groups excluding carboxylic acids is 1. The Hall–Kier alpha value is -4.46. The van der Waals surface area contributed by atoms with Crippen molar-refractivity contribution < 1.29 is 34.3 Å². The number of benzene rings is 2. The summed E-state index contributed by atoms with van der Waals surface area (Å²) in [4.78, 5) is 42.8. The first-order chi connectivity index (χ1) is 14.8. The minimum Gasteiger partial charge on any atom is -0.478 e. The van der Waals surface area contributed by atoms with Gasteiger partial charge in [0.2, 0.25) is 0 Å². The molecule has 0 fully saturated rings. The summed E-state index contributed by atoms with van der Waals surface area (Å²) in [5.74, 6) is -2.24. The van der Waals surface area contributed by atoms with Crippen LogP contribution in [-0.2, 0) is 11.3 Å². The van der Waals surface area contributed by atoms with Crippen molar-refractivity contribution >= 4 is 23.7 Å². The molecule has 0 heterocycles. The molecule has 0 aliphatic rings. The van der Waals surface area contributed by atoms with Gasteiger partial charge in [-0.05, 0) is 57.2 Å². The Balaban J connectivity index is 0.000000389. The minimum atomic E-state index is -1.26. The van der Waals surface area contributed by atoms with Gasteiger partial charge in [-0.15, -0.1) is 0 Å². The SMILES string of the molecule is CC(C)(C)OC(=O)NCc1ccc(C(=O)O)cc1[N+](=O)[O-].N#Cc1ccc(C(=O)O)cc1. The lowest BCUT2D eigenvalue weighted by molar-refractivity contribution is -0.385. The number of ether oxygens (including phenoxy) is 1. The van der Waals surface area contributed by atoms with Crippen LogP contribution in [0, 0.1) is 21.4 Å². The van der Waals surface area contributed by atoms with Gasteiger partial charge in [0, 0.05) is 11.6 Å². The molecule has 32 heavy (non-hydrogen) atoms. The molecule has 0 aliphatic carbocycles. The van der Waals surface area contributed by atoms with Crippen molar-refractivity contribution in [2.75, 3.05) is 0 Å². The van der Waals surface area contributed by atoms with Crippen LogP contribution in [0.3, 0.4) is 0 Å². The first kappa shape index (κ1) is 25.6. The van der Waals surface area contributed by atoms with E-state index in [1.165, 1.54) is 36.4 Å². The summed E-state index contributed by atoms with van der Waals surface area (Å²) in [5, 5.41) is 39.0. The van der Waals surface area contributed by atoms with E-state index in [1.54, 1.807) is 20.8 Å². The Kier molecular flexibility index (Phi) is 8.85. The number of amides is 1. The number of nitro groups is 1. The molecule has 3 N–H and O–H groups in total. The van der Waals surface area contributed by atoms with Gasteiger partial charge >= 0.3 is 18.0 Å². The summed E-state index contributed by atoms with van der Waals surface area (Å²) in [6.45, 7) is 4.94. The summed E-state index contributed by atoms with van der Waals surface area (Å²) in [6.07, 6.45) is -0.709. The first-order valence-corrected chi connectivity index (χ1v) is 9.05. The molecular formula is C21H21N3O8. The van der Waals surface area contributed by atoms with E-state index in [9.17, 15) is 24.5 Å². The molecule has 2 aromatic rings. The molecule has 0 saturated carbocycles. The molecule has 0 unspecified atom stereocenters. The highest BCUT2D eigenvalue weighted by molar-refractivity contribution is 5.88. The number of carbonyl (C=O) groups is 3. The van der Waals surface area contributed by atoms with Crippen LogP contribution in [0.25, 0.3) is 0 Å². The largest absolute Gasteiger partial charge is 0.478 e. The summed E-state index contributed by atoms with van der Waals surface area (Å²) < 4.78 is 5.01. The number of nitrogens with one attached hydrogen (secondary N) is 1. The quantitative estimate of drug-likeness (QED) is 0.459. The molecule has 11 heteroatoms. The van der Waals surface area contributed by atoms with Crippen LogP contribution < -0.4 is 5.32 Å². The number of hydrogen-bond donors (Lipinski definition) is 3. The average molecular weight is 443 g/mol. The van der Waals surface area contributed by atoms with E-state index < -0.39 is 28.6 Å². The van der Waals surface area contributed by atoms with Gasteiger partial charge in [0.25, 0.3) is 5.69 Å². The van der Waals surface area contributed by atoms with Gasteiger partial charge in [0.15, 0.2) is 0 Å². The molecule has 1 amide bonds. The Morgan fingerprint density at radius 1 is 1.06 bits per heavy atom. The number of hydrogen-bond acceptors (Lipinski definition) is 7. The highest BCUT2D eigenvalue weighted by Crippen LogP contribution is 2.20. The monoisotopic (exact) mass is 443 g/mol. The van der Waals surface area contributed by atoms with E-state index in [0.717, 1.165) is 6.07 Å². The average Bonchev–Trinajstić information content (AvgIpc) is 2.71. The molecule has 0 aromatic heterocycles. The minimum absolute atomic E-state index is 0.134. The molecule has 168 valence electrons. The fraction of sp³-hybridized carbons (Fsp3) is 0.238. The zero-order valence-corrected chi connectivity index (χ0v) is 17.5. The van der Waals surface area contributed by atoms with E-state index in [-0.39, 0.29) is 28.9 Å². The topological polar surface area (TPSA) is 180 Å². The van der Waals surface area contributed by atoms with Gasteiger partial charge in [0.1, 0.15) is 5.60 Å². The first-order valence-electron chi connectivity index (χ1n) is 9.05. The lowest BCUT2D eigenvalue weighted by atomic mass is 10.1. The molecule has 0 radical (unpaired) electrons. The number of alkyl carbamates (subject to hydrolysis) is 1. The zero-order valence-electron chi connectivity index (χ0n) is 17.5. The molecule has 2 rings (SSSR count). The van der Waals surface area contributed by atoms with Gasteiger partial charge < -0.3 is 20.3 Å². The van der Waals surface area contributed by atoms with Crippen LogP contribution in [0.4, 0.5) is 10.5 Å². The van der Waals surface area contributed by atoms with Crippen molar-refractivity contribution in [3.8, 4) is 6.07 Å². The van der Waals surface area contributed by atoms with E-state index in [0.29, 0.717) is 5.56 Å². The van der Waals surface area contributed by atoms with Gasteiger partial charge in [-0.3, -0.25) is 10.1 Å². The number of carboxylic acid groups (broad SMARTS) is 2. The molecule has 0 spiro atoms. The maximum absolute atomic E-state index is 11.5. The molecule has 0 atom stereocenters. The Bertz CT molecular complexity index is 1050. The third kappa shape index (κ3) is 8.50. The van der Waals surface area contributed by atoms with Crippen LogP contribution >= 0.6 is 0 Å². The van der Waals surface area contributed by atoms with Crippen LogP contribution in [0.1, 0.15) is 52.6 Å². The van der Waals surface area contributed by atoms with E-state index in [4.69, 9.17) is 20.2 Å². The third-order valence-corrected chi connectivity index (χ3v) is 3.61. The fourth-order valence-corrected chi connectivity index (χ4v) is 2.19. The molecule has 11 nitrogen and oxygen atoms in total. The standard InChI is InChI=1S/C13H16N2O6.C8H5NO2/c1-13(2,3)21-12(18)14-7-9-5-4-8(11(16)17)6-10(9)15(19)20;9-5-6-1-3-7(4-2-6)8(10)11/h4-6H,7H2,1-3H3,(H,14,18)(H,16,17);1-4H,(H,10,11). The van der Waals surface area contributed by atoms with Crippen molar-refractivity contribution in [3.63, 3.8) is 0 Å². The Morgan fingerprint density at radius 3 is 2.03 bits per heavy atom. The van der Waals surface area contributed by atoms with E-state index in [1.807, 2.05) is 6.07 Å².